The fourth-order valence-corrected chi connectivity index (χ4v) is 1.80. The number of fused-ring (bicyclic) bond motifs is 1. The lowest BCUT2D eigenvalue weighted by Gasteiger charge is -2.01. The lowest BCUT2D eigenvalue weighted by molar-refractivity contribution is 0.130. The summed E-state index contributed by atoms with van der Waals surface area (Å²) in [6.45, 7) is 0.926. The molecule has 0 amide bonds. The maximum atomic E-state index is 11.9. The molecule has 3 rings (SSSR count). The zero-order valence-electron chi connectivity index (χ0n) is 8.06. The summed E-state index contributed by atoms with van der Waals surface area (Å²) < 4.78 is 6.74. The number of hydrogen-bond acceptors (Lipinski definition) is 2. The number of H-pyrrole nitrogens is 1. The smallest absolute Gasteiger partial charge is 0.277 e. The van der Waals surface area contributed by atoms with Crippen molar-refractivity contribution >= 4 is 0 Å². The molecule has 2 aromatic rings. The maximum Gasteiger partial charge on any atom is 0.277 e. The van der Waals surface area contributed by atoms with Gasteiger partial charge in [0.15, 0.2) is 0 Å². The van der Waals surface area contributed by atoms with Gasteiger partial charge in [-0.05, 0) is 12.1 Å². The zero-order valence-corrected chi connectivity index (χ0v) is 8.06. The topological polar surface area (TPSA) is 47.0 Å². The van der Waals surface area contributed by atoms with E-state index in [9.17, 15) is 4.79 Å². The Bertz CT molecular complexity index is 539. The molecule has 1 N–H and O–H groups in total. The minimum absolute atomic E-state index is 0.00583. The van der Waals surface area contributed by atoms with Crippen molar-refractivity contribution in [2.45, 2.75) is 13.2 Å². The van der Waals surface area contributed by atoms with E-state index in [1.165, 1.54) is 0 Å². The van der Waals surface area contributed by atoms with E-state index >= 15 is 0 Å². The van der Waals surface area contributed by atoms with Crippen LogP contribution >= 0.6 is 0 Å². The molecular formula is C11H10N2O2. The van der Waals surface area contributed by atoms with Crippen molar-refractivity contribution in [2.24, 2.45) is 0 Å². The van der Waals surface area contributed by atoms with Gasteiger partial charge in [-0.15, -0.1) is 0 Å². The Morgan fingerprint density at radius 2 is 2.00 bits per heavy atom. The quantitative estimate of drug-likeness (QED) is 0.755. The van der Waals surface area contributed by atoms with Crippen LogP contribution in [0.2, 0.25) is 0 Å². The Labute approximate surface area is 86.1 Å². The number of aromatic amines is 1. The normalized spacial score (nSPS) is 14.1. The maximum absolute atomic E-state index is 11.9. The molecule has 0 atom stereocenters. The first-order valence-electron chi connectivity index (χ1n) is 4.82. The van der Waals surface area contributed by atoms with Gasteiger partial charge in [0.1, 0.15) is 0 Å². The summed E-state index contributed by atoms with van der Waals surface area (Å²) in [5, 5.41) is 3.06. The number of para-hydroxylation sites is 1. The predicted molar refractivity (Wildman–Crippen MR) is 54.9 cm³/mol. The molecule has 1 aromatic heterocycles. The Balaban J connectivity index is 2.19. The Kier molecular flexibility index (Phi) is 1.76. The number of rotatable bonds is 1. The molecule has 0 spiro atoms. The molecule has 2 heterocycles. The molecule has 0 aliphatic carbocycles. The van der Waals surface area contributed by atoms with E-state index in [4.69, 9.17) is 4.74 Å². The van der Waals surface area contributed by atoms with E-state index in [1.54, 1.807) is 4.68 Å². The van der Waals surface area contributed by atoms with Gasteiger partial charge < -0.3 is 4.74 Å². The predicted octanol–water partition coefficient (Wildman–Crippen LogP) is 1.20. The number of hydrogen-bond donors (Lipinski definition) is 1. The van der Waals surface area contributed by atoms with Crippen molar-refractivity contribution in [1.82, 2.24) is 9.78 Å². The van der Waals surface area contributed by atoms with Crippen molar-refractivity contribution in [2.75, 3.05) is 0 Å². The molecule has 4 nitrogen and oxygen atoms in total. The fourth-order valence-electron chi connectivity index (χ4n) is 1.80. The highest BCUT2D eigenvalue weighted by molar-refractivity contribution is 5.33. The van der Waals surface area contributed by atoms with Crippen LogP contribution in [0.25, 0.3) is 5.69 Å². The lowest BCUT2D eigenvalue weighted by atomic mass is 10.3. The summed E-state index contributed by atoms with van der Waals surface area (Å²) in [5.41, 5.74) is 2.49. The van der Waals surface area contributed by atoms with E-state index < -0.39 is 0 Å². The molecule has 4 heteroatoms. The average molecular weight is 202 g/mol. The number of benzene rings is 1. The van der Waals surface area contributed by atoms with Gasteiger partial charge in [-0.1, -0.05) is 18.2 Å². The van der Waals surface area contributed by atoms with Gasteiger partial charge in [-0.25, -0.2) is 4.68 Å². The summed E-state index contributed by atoms with van der Waals surface area (Å²) in [6.07, 6.45) is 0. The van der Waals surface area contributed by atoms with Gasteiger partial charge in [0.05, 0.1) is 30.2 Å². The van der Waals surface area contributed by atoms with Crippen LogP contribution in [-0.4, -0.2) is 9.78 Å². The molecule has 0 fully saturated rings. The first-order valence-corrected chi connectivity index (χ1v) is 4.82. The second-order valence-corrected chi connectivity index (χ2v) is 3.54. The van der Waals surface area contributed by atoms with Crippen LogP contribution in [0.5, 0.6) is 0 Å². The summed E-state index contributed by atoms with van der Waals surface area (Å²) in [7, 11) is 0. The summed E-state index contributed by atoms with van der Waals surface area (Å²) in [5.74, 6) is 0. The number of aromatic nitrogens is 2. The largest absolute Gasteiger partial charge is 0.370 e. The summed E-state index contributed by atoms with van der Waals surface area (Å²) >= 11 is 0. The van der Waals surface area contributed by atoms with Crippen LogP contribution in [0.3, 0.4) is 0 Å². The van der Waals surface area contributed by atoms with E-state index in [0.29, 0.717) is 13.2 Å². The van der Waals surface area contributed by atoms with Gasteiger partial charge in [0, 0.05) is 0 Å². The lowest BCUT2D eigenvalue weighted by Crippen LogP contribution is -2.17. The molecule has 0 unspecified atom stereocenters. The highest BCUT2D eigenvalue weighted by Crippen LogP contribution is 2.15. The third-order valence-corrected chi connectivity index (χ3v) is 2.58. The van der Waals surface area contributed by atoms with E-state index in [1.807, 2.05) is 30.3 Å². The van der Waals surface area contributed by atoms with Crippen molar-refractivity contribution in [3.63, 3.8) is 0 Å². The van der Waals surface area contributed by atoms with Crippen LogP contribution in [0.4, 0.5) is 0 Å². The molecule has 76 valence electrons. The van der Waals surface area contributed by atoms with Crippen molar-refractivity contribution in [3.05, 3.63) is 51.9 Å². The van der Waals surface area contributed by atoms with Crippen LogP contribution in [-0.2, 0) is 18.0 Å². The molecule has 1 aliphatic rings. The highest BCUT2D eigenvalue weighted by Gasteiger charge is 2.19. The monoisotopic (exact) mass is 202 g/mol. The standard InChI is InChI=1S/C11H10N2O2/c14-11-9-6-15-7-10(9)12-13(11)8-4-2-1-3-5-8/h1-5,12H,6-7H2. The van der Waals surface area contributed by atoms with Gasteiger partial charge >= 0.3 is 0 Å². The minimum atomic E-state index is -0.00583. The first-order chi connectivity index (χ1) is 7.36. The van der Waals surface area contributed by atoms with Gasteiger partial charge in [0.2, 0.25) is 0 Å². The second-order valence-electron chi connectivity index (χ2n) is 3.54. The number of nitrogens with one attached hydrogen (secondary N) is 1. The molecule has 1 aromatic carbocycles. The molecule has 1 aliphatic heterocycles. The van der Waals surface area contributed by atoms with Crippen LogP contribution < -0.4 is 5.56 Å². The second kappa shape index (κ2) is 3.10. The van der Waals surface area contributed by atoms with Gasteiger partial charge in [0.25, 0.3) is 5.56 Å². The average Bonchev–Trinajstić information content (AvgIpc) is 2.83. The van der Waals surface area contributed by atoms with Crippen LogP contribution in [0.15, 0.2) is 35.1 Å². The summed E-state index contributed by atoms with van der Waals surface area (Å²) in [6, 6.07) is 9.53. The van der Waals surface area contributed by atoms with E-state index in [2.05, 4.69) is 5.10 Å². The highest BCUT2D eigenvalue weighted by atomic mass is 16.5. The number of ether oxygens (including phenoxy) is 1. The number of nitrogens with zero attached hydrogens (tertiary/aromatic N) is 1. The van der Waals surface area contributed by atoms with Crippen molar-refractivity contribution < 1.29 is 4.74 Å². The fraction of sp³-hybridized carbons (Fsp3) is 0.182. The van der Waals surface area contributed by atoms with Crippen LogP contribution in [0.1, 0.15) is 11.3 Å². The molecule has 0 radical (unpaired) electrons. The third-order valence-electron chi connectivity index (χ3n) is 2.58. The van der Waals surface area contributed by atoms with E-state index in [-0.39, 0.29) is 5.56 Å². The Morgan fingerprint density at radius 3 is 2.73 bits per heavy atom. The third kappa shape index (κ3) is 1.22. The molecule has 15 heavy (non-hydrogen) atoms. The van der Waals surface area contributed by atoms with Gasteiger partial charge in [-0.2, -0.15) is 0 Å². The molecule has 0 bridgehead atoms. The molecule has 0 saturated heterocycles. The first kappa shape index (κ1) is 8.49. The van der Waals surface area contributed by atoms with Crippen LogP contribution in [0, 0.1) is 0 Å². The zero-order chi connectivity index (χ0) is 10.3. The Morgan fingerprint density at radius 1 is 1.20 bits per heavy atom. The molecular weight excluding hydrogens is 192 g/mol. The minimum Gasteiger partial charge on any atom is -0.370 e. The van der Waals surface area contributed by atoms with Crippen molar-refractivity contribution in [1.29, 1.82) is 0 Å². The van der Waals surface area contributed by atoms with Gasteiger partial charge in [-0.3, -0.25) is 9.89 Å². The molecule has 0 saturated carbocycles. The Hall–Kier alpha value is -1.81. The SMILES string of the molecule is O=c1c2c([nH]n1-c1ccccc1)COC2. The summed E-state index contributed by atoms with van der Waals surface area (Å²) in [4.78, 5) is 11.9. The van der Waals surface area contributed by atoms with E-state index in [0.717, 1.165) is 16.9 Å². The van der Waals surface area contributed by atoms with Crippen molar-refractivity contribution in [3.8, 4) is 5.69 Å².